The van der Waals surface area contributed by atoms with Crippen molar-refractivity contribution in [3.63, 3.8) is 0 Å². The van der Waals surface area contributed by atoms with E-state index in [1.165, 1.54) is 24.3 Å². The fourth-order valence-electron chi connectivity index (χ4n) is 1.65. The zero-order valence-electron chi connectivity index (χ0n) is 11.0. The number of hydrogen-bond acceptors (Lipinski definition) is 2. The summed E-state index contributed by atoms with van der Waals surface area (Å²) in [6.07, 6.45) is 0. The quantitative estimate of drug-likeness (QED) is 0.882. The molecule has 0 heterocycles. The van der Waals surface area contributed by atoms with Crippen LogP contribution in [0.4, 0.5) is 13.2 Å². The van der Waals surface area contributed by atoms with Crippen LogP contribution in [0.3, 0.4) is 0 Å². The van der Waals surface area contributed by atoms with E-state index in [1.807, 2.05) is 0 Å². The van der Waals surface area contributed by atoms with Crippen molar-refractivity contribution < 1.29 is 17.9 Å². The van der Waals surface area contributed by atoms with Crippen LogP contribution in [0.25, 0.3) is 0 Å². The molecule has 0 atom stereocenters. The van der Waals surface area contributed by atoms with E-state index >= 15 is 0 Å². The zero-order valence-corrected chi connectivity index (χ0v) is 11.0. The second-order valence-electron chi connectivity index (χ2n) is 4.15. The van der Waals surface area contributed by atoms with Crippen molar-refractivity contribution in [1.29, 1.82) is 0 Å². The van der Waals surface area contributed by atoms with Crippen molar-refractivity contribution in [3.8, 4) is 17.6 Å². The second kappa shape index (κ2) is 6.82. The summed E-state index contributed by atoms with van der Waals surface area (Å²) in [6.45, 7) is -0.0621. The lowest BCUT2D eigenvalue weighted by Crippen LogP contribution is -2.01. The molecule has 21 heavy (non-hydrogen) atoms. The lowest BCUT2D eigenvalue weighted by Gasteiger charge is -2.08. The highest BCUT2D eigenvalue weighted by Crippen LogP contribution is 2.19. The summed E-state index contributed by atoms with van der Waals surface area (Å²) < 4.78 is 45.4. The van der Waals surface area contributed by atoms with E-state index in [0.29, 0.717) is 0 Å². The molecule has 0 unspecified atom stereocenters. The summed E-state index contributed by atoms with van der Waals surface area (Å²) in [6, 6.07) is 7.87. The standard InChI is InChI=1S/C16H12F3NO/c17-14-5-1-3-12(16(14)19)10-21-13-7-6-11(4-2-8-20)15(18)9-13/h1,3,5-7,9H,8,10,20H2. The molecule has 0 aromatic heterocycles. The minimum absolute atomic E-state index is 0.0578. The van der Waals surface area contributed by atoms with Crippen molar-refractivity contribution in [2.24, 2.45) is 5.73 Å². The van der Waals surface area contributed by atoms with E-state index in [-0.39, 0.29) is 30.0 Å². The van der Waals surface area contributed by atoms with Gasteiger partial charge in [0.15, 0.2) is 11.6 Å². The molecule has 0 saturated heterocycles. The highest BCUT2D eigenvalue weighted by atomic mass is 19.2. The lowest BCUT2D eigenvalue weighted by atomic mass is 10.2. The predicted molar refractivity (Wildman–Crippen MR) is 73.0 cm³/mol. The Kier molecular flexibility index (Phi) is 4.85. The normalized spacial score (nSPS) is 9.90. The van der Waals surface area contributed by atoms with E-state index in [0.717, 1.165) is 12.1 Å². The fourth-order valence-corrected chi connectivity index (χ4v) is 1.65. The highest BCUT2D eigenvalue weighted by molar-refractivity contribution is 5.40. The number of hydrogen-bond donors (Lipinski definition) is 1. The number of halogens is 3. The molecule has 0 bridgehead atoms. The summed E-state index contributed by atoms with van der Waals surface area (Å²) >= 11 is 0. The van der Waals surface area contributed by atoms with Gasteiger partial charge in [-0.2, -0.15) is 0 Å². The third kappa shape index (κ3) is 3.77. The van der Waals surface area contributed by atoms with Gasteiger partial charge in [-0.25, -0.2) is 13.2 Å². The predicted octanol–water partition coefficient (Wildman–Crippen LogP) is 2.99. The van der Waals surface area contributed by atoms with Gasteiger partial charge in [0.2, 0.25) is 0 Å². The topological polar surface area (TPSA) is 35.2 Å². The first-order chi connectivity index (χ1) is 10.1. The van der Waals surface area contributed by atoms with Gasteiger partial charge < -0.3 is 10.5 Å². The average Bonchev–Trinajstić information content (AvgIpc) is 2.48. The van der Waals surface area contributed by atoms with E-state index in [2.05, 4.69) is 11.8 Å². The molecule has 2 aromatic carbocycles. The van der Waals surface area contributed by atoms with Gasteiger partial charge in [-0.3, -0.25) is 0 Å². The van der Waals surface area contributed by atoms with Gasteiger partial charge in [-0.05, 0) is 18.2 Å². The summed E-state index contributed by atoms with van der Waals surface area (Å²) in [7, 11) is 0. The molecule has 0 spiro atoms. The lowest BCUT2D eigenvalue weighted by molar-refractivity contribution is 0.295. The van der Waals surface area contributed by atoms with Crippen LogP contribution in [-0.2, 0) is 6.61 Å². The maximum Gasteiger partial charge on any atom is 0.165 e. The Morgan fingerprint density at radius 1 is 1.05 bits per heavy atom. The van der Waals surface area contributed by atoms with Crippen molar-refractivity contribution in [2.45, 2.75) is 6.61 Å². The smallest absolute Gasteiger partial charge is 0.165 e. The molecule has 5 heteroatoms. The van der Waals surface area contributed by atoms with Crippen molar-refractivity contribution in [2.75, 3.05) is 6.54 Å². The van der Waals surface area contributed by atoms with Crippen LogP contribution < -0.4 is 10.5 Å². The Labute approximate surface area is 120 Å². The van der Waals surface area contributed by atoms with E-state index < -0.39 is 17.5 Å². The van der Waals surface area contributed by atoms with Crippen LogP contribution in [0.2, 0.25) is 0 Å². The Morgan fingerprint density at radius 3 is 2.57 bits per heavy atom. The van der Waals surface area contributed by atoms with E-state index in [4.69, 9.17) is 10.5 Å². The first kappa shape index (κ1) is 14.9. The SMILES string of the molecule is NCC#Cc1ccc(OCc2cccc(F)c2F)cc1F. The first-order valence-electron chi connectivity index (χ1n) is 6.16. The van der Waals surface area contributed by atoms with E-state index in [1.54, 1.807) is 0 Å². The molecule has 0 aliphatic heterocycles. The van der Waals surface area contributed by atoms with Crippen LogP contribution >= 0.6 is 0 Å². The van der Waals surface area contributed by atoms with Gasteiger partial charge in [-0.1, -0.05) is 24.0 Å². The minimum atomic E-state index is -0.969. The molecule has 2 nitrogen and oxygen atoms in total. The number of nitrogens with two attached hydrogens (primary N) is 1. The van der Waals surface area contributed by atoms with Crippen LogP contribution in [0, 0.1) is 29.3 Å². The molecular weight excluding hydrogens is 279 g/mol. The molecule has 0 saturated carbocycles. The molecule has 0 amide bonds. The van der Waals surface area contributed by atoms with Gasteiger partial charge in [-0.15, -0.1) is 0 Å². The zero-order chi connectivity index (χ0) is 15.2. The molecular formula is C16H12F3NO. The van der Waals surface area contributed by atoms with Crippen molar-refractivity contribution in [3.05, 3.63) is 65.0 Å². The van der Waals surface area contributed by atoms with Crippen LogP contribution in [0.15, 0.2) is 36.4 Å². The number of benzene rings is 2. The first-order valence-corrected chi connectivity index (χ1v) is 6.16. The van der Waals surface area contributed by atoms with Crippen molar-refractivity contribution in [1.82, 2.24) is 0 Å². The molecule has 0 aliphatic carbocycles. The highest BCUT2D eigenvalue weighted by Gasteiger charge is 2.09. The number of rotatable bonds is 3. The third-order valence-corrected chi connectivity index (χ3v) is 2.69. The van der Waals surface area contributed by atoms with Gasteiger partial charge in [0, 0.05) is 11.6 Å². The summed E-state index contributed by atoms with van der Waals surface area (Å²) in [5.74, 6) is 2.84. The maximum atomic E-state index is 13.7. The van der Waals surface area contributed by atoms with Gasteiger partial charge in [0.05, 0.1) is 12.1 Å². The van der Waals surface area contributed by atoms with Crippen molar-refractivity contribution >= 4 is 0 Å². The Hall–Kier alpha value is -2.45. The number of ether oxygens (including phenoxy) is 1. The summed E-state index contributed by atoms with van der Waals surface area (Å²) in [5, 5.41) is 0. The maximum absolute atomic E-state index is 13.7. The molecule has 108 valence electrons. The second-order valence-corrected chi connectivity index (χ2v) is 4.15. The molecule has 2 N–H and O–H groups in total. The molecule has 0 aliphatic rings. The fraction of sp³-hybridized carbons (Fsp3) is 0.125. The Balaban J connectivity index is 2.10. The average molecular weight is 291 g/mol. The Morgan fingerprint density at radius 2 is 1.86 bits per heavy atom. The molecule has 0 fully saturated rings. The molecule has 2 aromatic rings. The van der Waals surface area contributed by atoms with Crippen LogP contribution in [0.1, 0.15) is 11.1 Å². The third-order valence-electron chi connectivity index (χ3n) is 2.69. The van der Waals surface area contributed by atoms with Crippen LogP contribution in [-0.4, -0.2) is 6.54 Å². The molecule has 2 rings (SSSR count). The minimum Gasteiger partial charge on any atom is -0.489 e. The van der Waals surface area contributed by atoms with Gasteiger partial charge in [0.25, 0.3) is 0 Å². The Bertz CT molecular complexity index is 704. The summed E-state index contributed by atoms with van der Waals surface area (Å²) in [4.78, 5) is 0. The van der Waals surface area contributed by atoms with E-state index in [9.17, 15) is 13.2 Å². The largest absolute Gasteiger partial charge is 0.489 e. The van der Waals surface area contributed by atoms with Crippen LogP contribution in [0.5, 0.6) is 5.75 Å². The monoisotopic (exact) mass is 291 g/mol. The summed E-state index contributed by atoms with van der Waals surface area (Å²) in [5.41, 5.74) is 5.46. The van der Waals surface area contributed by atoms with Gasteiger partial charge in [0.1, 0.15) is 18.2 Å². The molecule has 0 radical (unpaired) electrons. The van der Waals surface area contributed by atoms with Gasteiger partial charge >= 0.3 is 0 Å².